The van der Waals surface area contributed by atoms with E-state index in [1.807, 2.05) is 140 Å². The molecule has 0 aromatic heterocycles. The molecule has 0 N–H and O–H groups in total. The van der Waals surface area contributed by atoms with Gasteiger partial charge in [0, 0.05) is 46.6 Å². The number of hydrogen-bond acceptors (Lipinski definition) is 1. The first-order valence-electron chi connectivity index (χ1n) is 11.7. The Morgan fingerprint density at radius 3 is 1.08 bits per heavy atom. The largest absolute Gasteiger partial charge is 0.216 e. The van der Waals surface area contributed by atoms with E-state index in [-0.39, 0.29) is 0 Å². The van der Waals surface area contributed by atoms with Gasteiger partial charge in [-0.15, -0.1) is 0 Å². The maximum Gasteiger partial charge on any atom is 0.0333 e. The molecule has 170 valence electrons. The van der Waals surface area contributed by atoms with E-state index in [1.54, 1.807) is 0 Å². The van der Waals surface area contributed by atoms with Crippen LogP contribution in [-0.4, -0.2) is 0 Å². The molecule has 5 rings (SSSR count). The van der Waals surface area contributed by atoms with Crippen LogP contribution >= 0.6 is 9.66 Å². The van der Waals surface area contributed by atoms with Crippen molar-refractivity contribution in [2.24, 2.45) is 0 Å². The molecule has 0 bridgehead atoms. The number of nitrogens with zero attached hydrogens (tertiary/aromatic N) is 1. The summed E-state index contributed by atoms with van der Waals surface area (Å²) in [4.78, 5) is 2.54. The van der Waals surface area contributed by atoms with Crippen molar-refractivity contribution in [2.75, 3.05) is 0 Å². The second kappa shape index (κ2) is 10.7. The Labute approximate surface area is 214 Å². The molecule has 0 amide bonds. The molecule has 0 heterocycles. The lowest BCUT2D eigenvalue weighted by Crippen LogP contribution is -1.94. The normalized spacial score (nSPS) is 10.4. The molecule has 0 aliphatic heterocycles. The molecular weight excluding hydrogens is 454 g/mol. The van der Waals surface area contributed by atoms with Crippen molar-refractivity contribution >= 4 is 9.66 Å². The van der Waals surface area contributed by atoms with E-state index in [2.05, 4.69) is 23.7 Å². The molecule has 0 saturated heterocycles. The van der Waals surface area contributed by atoms with E-state index in [0.717, 1.165) is 36.9 Å². The minimum Gasteiger partial charge on any atom is -0.216 e. The molecule has 0 aliphatic rings. The second-order valence-electron chi connectivity index (χ2n) is 8.18. The molecule has 5 aromatic rings. The quantitative estimate of drug-likeness (QED) is 0.206. The third-order valence-corrected chi connectivity index (χ3v) is 8.49. The van der Waals surface area contributed by atoms with Crippen molar-refractivity contribution < 1.29 is 0 Å². The van der Waals surface area contributed by atoms with E-state index < -0.39 is 9.66 Å². The Hall–Kier alpha value is -4.72. The molecule has 5 aromatic carbocycles. The van der Waals surface area contributed by atoms with Crippen LogP contribution in [0.1, 0.15) is 22.3 Å². The summed E-state index contributed by atoms with van der Waals surface area (Å²) in [6.45, 7) is 0. The first-order chi connectivity index (χ1) is 17.7. The topological polar surface area (TPSA) is 23.8 Å². The molecule has 0 saturated carbocycles. The highest BCUT2D eigenvalue weighted by Crippen LogP contribution is 2.56. The summed E-state index contributed by atoms with van der Waals surface area (Å²) in [6, 6.07) is 45.5. The van der Waals surface area contributed by atoms with Crippen molar-refractivity contribution in [2.45, 2.75) is 14.7 Å². The van der Waals surface area contributed by atoms with E-state index in [1.165, 1.54) is 0 Å². The SMILES string of the molecule is N#S(c1ccccc1)(c1ccccc1)c1cc(C#Cc2ccccc2)cc(C#Cc2ccccc2)c1. The van der Waals surface area contributed by atoms with Gasteiger partial charge in [-0.05, 0) is 66.7 Å². The lowest BCUT2D eigenvalue weighted by Gasteiger charge is -2.21. The Kier molecular flexibility index (Phi) is 6.84. The van der Waals surface area contributed by atoms with Gasteiger partial charge in [0.1, 0.15) is 0 Å². The number of rotatable bonds is 0. The zero-order valence-corrected chi connectivity index (χ0v) is 20.5. The summed E-state index contributed by atoms with van der Waals surface area (Å²) in [7, 11) is -2.52. The fourth-order valence-corrected chi connectivity index (χ4v) is 6.40. The van der Waals surface area contributed by atoms with Crippen LogP contribution in [0.4, 0.5) is 0 Å². The lowest BCUT2D eigenvalue weighted by molar-refractivity contribution is 1.28. The maximum atomic E-state index is 12.4. The van der Waals surface area contributed by atoms with Gasteiger partial charge >= 0.3 is 0 Å². The fraction of sp³-hybridized carbons (Fsp3) is 0. The van der Waals surface area contributed by atoms with Crippen LogP contribution < -0.4 is 0 Å². The van der Waals surface area contributed by atoms with Gasteiger partial charge in [-0.25, -0.2) is 4.61 Å². The third kappa shape index (κ3) is 5.17. The van der Waals surface area contributed by atoms with Crippen LogP contribution in [-0.2, 0) is 0 Å². The van der Waals surface area contributed by atoms with E-state index in [4.69, 9.17) is 0 Å². The third-order valence-electron chi connectivity index (χ3n) is 5.67. The zero-order chi connectivity index (χ0) is 24.6. The molecule has 1 nitrogen and oxygen atoms in total. The predicted molar refractivity (Wildman–Crippen MR) is 148 cm³/mol. The highest BCUT2D eigenvalue weighted by Gasteiger charge is 2.24. The zero-order valence-electron chi connectivity index (χ0n) is 19.6. The standard InChI is InChI=1S/C34H23NS/c35-36(32-17-9-3-10-18-32,33-19-11-4-12-20-33)34-26-30(23-21-28-13-5-1-6-14-28)25-31(27-34)24-22-29-15-7-2-8-16-29/h1-20,25-27H. The van der Waals surface area contributed by atoms with Gasteiger partial charge in [0.2, 0.25) is 0 Å². The molecule has 0 spiro atoms. The Morgan fingerprint density at radius 1 is 0.361 bits per heavy atom. The van der Waals surface area contributed by atoms with Crippen LogP contribution in [0.5, 0.6) is 0 Å². The van der Waals surface area contributed by atoms with Crippen LogP contribution in [0.25, 0.3) is 0 Å². The lowest BCUT2D eigenvalue weighted by atomic mass is 10.1. The van der Waals surface area contributed by atoms with Crippen molar-refractivity contribution in [3.05, 3.63) is 162 Å². The van der Waals surface area contributed by atoms with Gasteiger partial charge in [0.25, 0.3) is 0 Å². The van der Waals surface area contributed by atoms with E-state index in [0.29, 0.717) is 0 Å². The summed E-state index contributed by atoms with van der Waals surface area (Å²) < 4.78 is 12.4. The fourth-order valence-electron chi connectivity index (χ4n) is 3.89. The van der Waals surface area contributed by atoms with Crippen molar-refractivity contribution in [1.82, 2.24) is 0 Å². The smallest absolute Gasteiger partial charge is 0.0333 e. The average molecular weight is 478 g/mol. The van der Waals surface area contributed by atoms with Crippen LogP contribution in [0.3, 0.4) is 0 Å². The van der Waals surface area contributed by atoms with Gasteiger partial charge in [-0.3, -0.25) is 0 Å². The molecule has 0 unspecified atom stereocenters. The Balaban J connectivity index is 1.71. The minimum absolute atomic E-state index is 0.803. The maximum absolute atomic E-state index is 12.4. The second-order valence-corrected chi connectivity index (χ2v) is 10.8. The first-order valence-corrected chi connectivity index (χ1v) is 13.3. The monoisotopic (exact) mass is 477 g/mol. The Morgan fingerprint density at radius 2 is 0.694 bits per heavy atom. The van der Waals surface area contributed by atoms with Crippen LogP contribution in [0.15, 0.2) is 154 Å². The van der Waals surface area contributed by atoms with Gasteiger partial charge in [-0.1, -0.05) is 96.5 Å². The summed E-state index contributed by atoms with van der Waals surface area (Å²) in [6.07, 6.45) is 0. The highest BCUT2D eigenvalue weighted by atomic mass is 32.2. The van der Waals surface area contributed by atoms with Crippen molar-refractivity contribution in [3.8, 4) is 23.7 Å². The summed E-state index contributed by atoms with van der Waals surface area (Å²) in [5.41, 5.74) is 3.50. The molecule has 0 fully saturated rings. The van der Waals surface area contributed by atoms with Crippen LogP contribution in [0.2, 0.25) is 0 Å². The minimum atomic E-state index is -2.52. The predicted octanol–water partition coefficient (Wildman–Crippen LogP) is 8.25. The molecule has 0 radical (unpaired) electrons. The summed E-state index contributed by atoms with van der Waals surface area (Å²) in [5.74, 6) is 13.1. The molecule has 36 heavy (non-hydrogen) atoms. The molecular formula is C34H23NS. The van der Waals surface area contributed by atoms with Gasteiger partial charge < -0.3 is 0 Å². The summed E-state index contributed by atoms with van der Waals surface area (Å²) >= 11 is 0. The number of hydrogen-bond donors (Lipinski definition) is 0. The van der Waals surface area contributed by atoms with Gasteiger partial charge in [0.05, 0.1) is 0 Å². The number of benzene rings is 5. The molecule has 2 heteroatoms. The highest BCUT2D eigenvalue weighted by molar-refractivity contribution is 8.21. The first kappa shape index (κ1) is 23.0. The molecule has 0 aliphatic carbocycles. The van der Waals surface area contributed by atoms with Crippen molar-refractivity contribution in [3.63, 3.8) is 0 Å². The summed E-state index contributed by atoms with van der Waals surface area (Å²) in [5, 5.41) is 0. The van der Waals surface area contributed by atoms with Crippen molar-refractivity contribution in [1.29, 1.82) is 4.61 Å². The van der Waals surface area contributed by atoms with E-state index >= 15 is 0 Å². The molecule has 0 atom stereocenters. The van der Waals surface area contributed by atoms with Gasteiger partial charge in [-0.2, -0.15) is 0 Å². The van der Waals surface area contributed by atoms with Gasteiger partial charge in [0.15, 0.2) is 0 Å². The van der Waals surface area contributed by atoms with E-state index in [9.17, 15) is 4.61 Å². The van der Waals surface area contributed by atoms with Crippen LogP contribution in [0, 0.1) is 28.3 Å². The average Bonchev–Trinajstić information content (AvgIpc) is 2.96. The Bertz CT molecular complexity index is 1580.